The largest absolute Gasteiger partial charge is 0.370 e. The first-order valence-electron chi connectivity index (χ1n) is 8.42. The smallest absolute Gasteiger partial charge is 0.137 e. The molecule has 1 rings (SSSR count). The van der Waals surface area contributed by atoms with Crippen molar-refractivity contribution in [3.8, 4) is 0 Å². The highest BCUT2D eigenvalue weighted by molar-refractivity contribution is 5.58. The molecule has 0 radical (unpaired) electrons. The van der Waals surface area contributed by atoms with E-state index < -0.39 is 0 Å². The Kier molecular flexibility index (Phi) is 7.48. The van der Waals surface area contributed by atoms with Gasteiger partial charge in [-0.1, -0.05) is 34.1 Å². The van der Waals surface area contributed by atoms with Gasteiger partial charge in [0, 0.05) is 31.1 Å². The van der Waals surface area contributed by atoms with Crippen LogP contribution in [0.2, 0.25) is 0 Å². The molecule has 0 aliphatic rings. The quantitative estimate of drug-likeness (QED) is 0.734. The topological polar surface area (TPSA) is 41.1 Å². The minimum absolute atomic E-state index is 0.344. The Hall–Kier alpha value is -1.32. The van der Waals surface area contributed by atoms with Gasteiger partial charge in [-0.25, -0.2) is 9.97 Å². The Morgan fingerprint density at radius 1 is 1.10 bits per heavy atom. The first-order valence-corrected chi connectivity index (χ1v) is 8.42. The molecule has 21 heavy (non-hydrogen) atoms. The summed E-state index contributed by atoms with van der Waals surface area (Å²) in [5.74, 6) is 3.38. The van der Waals surface area contributed by atoms with E-state index in [1.165, 1.54) is 18.4 Å². The molecule has 1 aromatic heterocycles. The van der Waals surface area contributed by atoms with Gasteiger partial charge in [0.2, 0.25) is 0 Å². The van der Waals surface area contributed by atoms with E-state index in [4.69, 9.17) is 9.97 Å². The van der Waals surface area contributed by atoms with Crippen molar-refractivity contribution in [2.24, 2.45) is 0 Å². The van der Waals surface area contributed by atoms with Gasteiger partial charge < -0.3 is 10.2 Å². The van der Waals surface area contributed by atoms with E-state index >= 15 is 0 Å². The van der Waals surface area contributed by atoms with E-state index in [1.807, 2.05) is 0 Å². The average Bonchev–Trinajstić information content (AvgIpc) is 2.47. The van der Waals surface area contributed by atoms with Gasteiger partial charge in [-0.15, -0.1) is 0 Å². The van der Waals surface area contributed by atoms with E-state index in [0.717, 1.165) is 43.5 Å². The number of unbranched alkanes of at least 4 members (excludes halogenated alkanes) is 1. The molecule has 0 saturated heterocycles. The lowest BCUT2D eigenvalue weighted by molar-refractivity contribution is 0.705. The van der Waals surface area contributed by atoms with Gasteiger partial charge in [-0.05, 0) is 26.7 Å². The van der Waals surface area contributed by atoms with Gasteiger partial charge in [0.05, 0.1) is 0 Å². The summed E-state index contributed by atoms with van der Waals surface area (Å²) in [4.78, 5) is 11.9. The molecule has 0 aliphatic carbocycles. The molecule has 0 bridgehead atoms. The Balaban J connectivity index is 3.17. The summed E-state index contributed by atoms with van der Waals surface area (Å²) >= 11 is 0. The fourth-order valence-corrected chi connectivity index (χ4v) is 2.27. The predicted octanol–water partition coefficient (Wildman–Crippen LogP) is 4.36. The van der Waals surface area contributed by atoms with E-state index in [0.29, 0.717) is 5.92 Å². The Labute approximate surface area is 130 Å². The van der Waals surface area contributed by atoms with Crippen molar-refractivity contribution in [3.05, 3.63) is 11.4 Å². The molecule has 4 heteroatoms. The molecule has 0 amide bonds. The lowest BCUT2D eigenvalue weighted by Crippen LogP contribution is -2.27. The summed E-state index contributed by atoms with van der Waals surface area (Å²) in [7, 11) is 0. The van der Waals surface area contributed by atoms with Crippen molar-refractivity contribution in [2.45, 2.75) is 66.7 Å². The van der Waals surface area contributed by atoms with E-state index in [2.05, 4.69) is 51.8 Å². The summed E-state index contributed by atoms with van der Waals surface area (Å²) in [5, 5.41) is 3.46. The molecule has 4 nitrogen and oxygen atoms in total. The maximum atomic E-state index is 4.84. The van der Waals surface area contributed by atoms with Crippen molar-refractivity contribution >= 4 is 11.6 Å². The van der Waals surface area contributed by atoms with Crippen LogP contribution in [0.4, 0.5) is 11.6 Å². The summed E-state index contributed by atoms with van der Waals surface area (Å²) in [5.41, 5.74) is 1.17. The minimum atomic E-state index is 0.344. The van der Waals surface area contributed by atoms with Crippen molar-refractivity contribution in [1.29, 1.82) is 0 Å². The second-order valence-corrected chi connectivity index (χ2v) is 5.89. The van der Waals surface area contributed by atoms with Crippen LogP contribution in [0.1, 0.15) is 71.2 Å². The molecule has 0 spiro atoms. The number of nitrogens with one attached hydrogen (secondary N) is 1. The molecule has 1 aromatic rings. The van der Waals surface area contributed by atoms with Crippen LogP contribution in [-0.4, -0.2) is 29.6 Å². The molecular weight excluding hydrogens is 260 g/mol. The number of anilines is 2. The van der Waals surface area contributed by atoms with Gasteiger partial charge in [0.25, 0.3) is 0 Å². The Morgan fingerprint density at radius 3 is 2.33 bits per heavy atom. The predicted molar refractivity (Wildman–Crippen MR) is 92.4 cm³/mol. The normalized spacial score (nSPS) is 11.0. The number of hydrogen-bond donors (Lipinski definition) is 1. The zero-order chi connectivity index (χ0) is 15.8. The summed E-state index contributed by atoms with van der Waals surface area (Å²) < 4.78 is 0. The summed E-state index contributed by atoms with van der Waals surface area (Å²) in [6.45, 7) is 16.0. The van der Waals surface area contributed by atoms with Gasteiger partial charge >= 0.3 is 0 Å². The van der Waals surface area contributed by atoms with Crippen LogP contribution < -0.4 is 10.2 Å². The number of nitrogens with zero attached hydrogens (tertiary/aromatic N) is 3. The fraction of sp³-hybridized carbons (Fsp3) is 0.765. The zero-order valence-corrected chi connectivity index (χ0v) is 14.7. The third-order valence-corrected chi connectivity index (χ3v) is 3.66. The van der Waals surface area contributed by atoms with Crippen LogP contribution in [0.25, 0.3) is 0 Å². The first kappa shape index (κ1) is 17.7. The lowest BCUT2D eigenvalue weighted by Gasteiger charge is -2.25. The summed E-state index contributed by atoms with van der Waals surface area (Å²) in [6.07, 6.45) is 3.51. The SMILES string of the molecule is CCCCN(CC)c1nc(C(C)C)nc(NCCC)c1C. The van der Waals surface area contributed by atoms with Gasteiger partial charge in [-0.2, -0.15) is 0 Å². The van der Waals surface area contributed by atoms with Gasteiger partial charge in [0.1, 0.15) is 17.5 Å². The van der Waals surface area contributed by atoms with Crippen molar-refractivity contribution in [2.75, 3.05) is 29.9 Å². The molecule has 0 aliphatic heterocycles. The van der Waals surface area contributed by atoms with E-state index in [1.54, 1.807) is 0 Å². The van der Waals surface area contributed by atoms with Crippen molar-refractivity contribution in [3.63, 3.8) is 0 Å². The second-order valence-electron chi connectivity index (χ2n) is 5.89. The molecule has 0 aromatic carbocycles. The molecule has 0 saturated carbocycles. The van der Waals surface area contributed by atoms with Crippen LogP contribution in [0.15, 0.2) is 0 Å². The number of rotatable bonds is 9. The maximum absolute atomic E-state index is 4.84. The second kappa shape index (κ2) is 8.85. The zero-order valence-electron chi connectivity index (χ0n) is 14.7. The van der Waals surface area contributed by atoms with E-state index in [-0.39, 0.29) is 0 Å². The maximum Gasteiger partial charge on any atom is 0.137 e. The highest BCUT2D eigenvalue weighted by Crippen LogP contribution is 2.26. The molecule has 1 heterocycles. The third kappa shape index (κ3) is 4.87. The number of hydrogen-bond acceptors (Lipinski definition) is 4. The molecule has 120 valence electrons. The molecular formula is C17H32N4. The highest BCUT2D eigenvalue weighted by atomic mass is 15.2. The third-order valence-electron chi connectivity index (χ3n) is 3.66. The van der Waals surface area contributed by atoms with Gasteiger partial charge in [-0.3, -0.25) is 0 Å². The van der Waals surface area contributed by atoms with Crippen molar-refractivity contribution < 1.29 is 0 Å². The highest BCUT2D eigenvalue weighted by Gasteiger charge is 2.16. The van der Waals surface area contributed by atoms with Crippen molar-refractivity contribution in [1.82, 2.24) is 9.97 Å². The van der Waals surface area contributed by atoms with Crippen LogP contribution in [0.3, 0.4) is 0 Å². The monoisotopic (exact) mass is 292 g/mol. The molecule has 0 atom stereocenters. The Bertz CT molecular complexity index is 429. The van der Waals surface area contributed by atoms with Crippen LogP contribution in [0.5, 0.6) is 0 Å². The van der Waals surface area contributed by atoms with Crippen LogP contribution >= 0.6 is 0 Å². The van der Waals surface area contributed by atoms with Crippen LogP contribution in [-0.2, 0) is 0 Å². The summed E-state index contributed by atoms with van der Waals surface area (Å²) in [6, 6.07) is 0. The fourth-order valence-electron chi connectivity index (χ4n) is 2.27. The molecule has 1 N–H and O–H groups in total. The standard InChI is InChI=1S/C17H32N4/c1-7-10-12-21(9-3)17-14(6)16(18-11-8-2)19-15(20-17)13(4)5/h13H,7-12H2,1-6H3,(H,18,19,20). The minimum Gasteiger partial charge on any atom is -0.370 e. The average molecular weight is 292 g/mol. The Morgan fingerprint density at radius 2 is 1.81 bits per heavy atom. The molecule has 0 fully saturated rings. The number of aromatic nitrogens is 2. The van der Waals surface area contributed by atoms with E-state index in [9.17, 15) is 0 Å². The molecule has 0 unspecified atom stereocenters. The first-order chi connectivity index (χ1) is 10.0. The lowest BCUT2D eigenvalue weighted by atomic mass is 10.2. The van der Waals surface area contributed by atoms with Crippen LogP contribution in [0, 0.1) is 6.92 Å². The van der Waals surface area contributed by atoms with Gasteiger partial charge in [0.15, 0.2) is 0 Å².